The predicted octanol–water partition coefficient (Wildman–Crippen LogP) is 1.21. The smallest absolute Gasteiger partial charge is 0.272 e. The van der Waals surface area contributed by atoms with Gasteiger partial charge in [0.2, 0.25) is 0 Å². The molecule has 0 saturated carbocycles. The fraction of sp³-hybridized carbons (Fsp3) is 0.533. The van der Waals surface area contributed by atoms with Gasteiger partial charge in [0.1, 0.15) is 6.04 Å². The van der Waals surface area contributed by atoms with E-state index in [0.29, 0.717) is 5.56 Å². The van der Waals surface area contributed by atoms with E-state index in [1.165, 1.54) is 0 Å². The minimum absolute atomic E-state index is 0.0345. The number of carbonyl (C=O) groups excluding carboxylic acids is 1. The number of amides is 1. The van der Waals surface area contributed by atoms with Crippen molar-refractivity contribution in [1.29, 1.82) is 0 Å². The number of rotatable bonds is 4. The summed E-state index contributed by atoms with van der Waals surface area (Å²) in [5.41, 5.74) is 1.39. The Kier molecular flexibility index (Phi) is 4.08. The zero-order valence-corrected chi connectivity index (χ0v) is 14.9. The van der Waals surface area contributed by atoms with E-state index in [1.807, 2.05) is 33.8 Å². The minimum atomic E-state index is -3.80. The molecule has 0 aliphatic carbocycles. The Labute approximate surface area is 141 Å². The van der Waals surface area contributed by atoms with Gasteiger partial charge in [-0.15, -0.1) is 0 Å². The molecule has 24 heavy (non-hydrogen) atoms. The van der Waals surface area contributed by atoms with Gasteiger partial charge >= 0.3 is 10.2 Å². The topological polar surface area (TPSA) is 97.2 Å². The highest BCUT2D eigenvalue weighted by Crippen LogP contribution is 2.22. The summed E-state index contributed by atoms with van der Waals surface area (Å²) in [5.74, 6) is -0.537. The minimum Gasteiger partial charge on any atom is -0.272 e. The molecule has 0 spiro atoms. The lowest BCUT2D eigenvalue weighted by atomic mass is 10.1. The number of carbonyl (C=O) groups is 1. The highest BCUT2D eigenvalue weighted by Gasteiger charge is 2.44. The Bertz CT molecular complexity index is 888. The molecule has 0 radical (unpaired) electrons. The van der Waals surface area contributed by atoms with Gasteiger partial charge in [0.25, 0.3) is 5.91 Å². The SMILES string of the molecule is CC(C)[C@@H]1NS(=O)(=O)N(Cc2cnc3c(cnn3C(C)C)c2)C1=O. The van der Waals surface area contributed by atoms with Crippen LogP contribution < -0.4 is 4.72 Å². The van der Waals surface area contributed by atoms with Crippen LogP contribution in [-0.2, 0) is 21.5 Å². The van der Waals surface area contributed by atoms with E-state index in [-0.39, 0.29) is 18.5 Å². The van der Waals surface area contributed by atoms with E-state index in [0.717, 1.165) is 15.3 Å². The van der Waals surface area contributed by atoms with Crippen molar-refractivity contribution in [3.8, 4) is 0 Å². The summed E-state index contributed by atoms with van der Waals surface area (Å²) in [4.78, 5) is 16.7. The predicted molar refractivity (Wildman–Crippen MR) is 89.1 cm³/mol. The van der Waals surface area contributed by atoms with E-state index < -0.39 is 22.2 Å². The molecule has 0 unspecified atom stereocenters. The monoisotopic (exact) mass is 351 g/mol. The van der Waals surface area contributed by atoms with Gasteiger partial charge in [0, 0.05) is 17.6 Å². The average Bonchev–Trinajstić information content (AvgIpc) is 3.01. The first-order chi connectivity index (χ1) is 11.2. The Hall–Kier alpha value is -2.00. The molecule has 1 atom stereocenters. The van der Waals surface area contributed by atoms with Crippen molar-refractivity contribution in [3.05, 3.63) is 24.0 Å². The molecule has 3 rings (SSSR count). The van der Waals surface area contributed by atoms with Crippen molar-refractivity contribution in [2.24, 2.45) is 5.92 Å². The van der Waals surface area contributed by atoms with Gasteiger partial charge in [-0.05, 0) is 31.4 Å². The fourth-order valence-electron chi connectivity index (χ4n) is 2.75. The van der Waals surface area contributed by atoms with Gasteiger partial charge in [-0.1, -0.05) is 13.8 Å². The molecule has 0 bridgehead atoms. The number of hydrogen-bond donors (Lipinski definition) is 1. The zero-order chi connectivity index (χ0) is 17.6. The Balaban J connectivity index is 1.91. The first kappa shape index (κ1) is 16.8. The largest absolute Gasteiger partial charge is 0.304 e. The summed E-state index contributed by atoms with van der Waals surface area (Å²) in [5, 5.41) is 5.11. The Morgan fingerprint density at radius 3 is 2.54 bits per heavy atom. The number of nitrogens with one attached hydrogen (secondary N) is 1. The molecule has 0 aromatic carbocycles. The molecule has 1 amide bonds. The lowest BCUT2D eigenvalue weighted by Crippen LogP contribution is -2.34. The third kappa shape index (κ3) is 2.78. The highest BCUT2D eigenvalue weighted by molar-refractivity contribution is 7.88. The molecule has 2 aromatic heterocycles. The van der Waals surface area contributed by atoms with Crippen molar-refractivity contribution in [1.82, 2.24) is 23.8 Å². The van der Waals surface area contributed by atoms with E-state index >= 15 is 0 Å². The third-order valence-corrected chi connectivity index (χ3v) is 5.49. The van der Waals surface area contributed by atoms with Crippen molar-refractivity contribution in [3.63, 3.8) is 0 Å². The molecule has 130 valence electrons. The van der Waals surface area contributed by atoms with Crippen LogP contribution in [0.5, 0.6) is 0 Å². The van der Waals surface area contributed by atoms with Crippen molar-refractivity contribution in [2.45, 2.75) is 46.3 Å². The van der Waals surface area contributed by atoms with Crippen LogP contribution in [0.4, 0.5) is 0 Å². The van der Waals surface area contributed by atoms with Crippen molar-refractivity contribution in [2.75, 3.05) is 0 Å². The lowest BCUT2D eigenvalue weighted by Gasteiger charge is -2.15. The third-order valence-electron chi connectivity index (χ3n) is 4.05. The van der Waals surface area contributed by atoms with E-state index in [1.54, 1.807) is 17.1 Å². The quantitative estimate of drug-likeness (QED) is 0.893. The van der Waals surface area contributed by atoms with Crippen LogP contribution in [0.15, 0.2) is 18.5 Å². The standard InChI is InChI=1S/C15H21N5O3S/c1-9(2)13-15(21)19(24(22,23)18-13)8-11-5-12-7-17-20(10(3)4)14(12)16-6-11/h5-7,9-10,13,18H,8H2,1-4H3/t13-/m0/s1. The van der Waals surface area contributed by atoms with E-state index in [2.05, 4.69) is 14.8 Å². The van der Waals surface area contributed by atoms with Gasteiger partial charge in [-0.25, -0.2) is 14.0 Å². The summed E-state index contributed by atoms with van der Waals surface area (Å²) in [7, 11) is -3.80. The second-order valence-corrected chi connectivity index (χ2v) is 8.26. The van der Waals surface area contributed by atoms with Crippen LogP contribution in [0.3, 0.4) is 0 Å². The second kappa shape index (κ2) is 5.82. The molecule has 1 fully saturated rings. The van der Waals surface area contributed by atoms with Crippen LogP contribution in [0.1, 0.15) is 39.3 Å². The van der Waals surface area contributed by atoms with Crippen LogP contribution in [-0.4, -0.2) is 39.4 Å². The molecule has 1 aliphatic heterocycles. The molecule has 9 heteroatoms. The van der Waals surface area contributed by atoms with Gasteiger partial charge in [-0.3, -0.25) is 4.79 Å². The number of fused-ring (bicyclic) bond motifs is 1. The number of nitrogens with zero attached hydrogens (tertiary/aromatic N) is 4. The Morgan fingerprint density at radius 1 is 1.25 bits per heavy atom. The van der Waals surface area contributed by atoms with Crippen molar-refractivity contribution >= 4 is 27.1 Å². The van der Waals surface area contributed by atoms with Crippen molar-refractivity contribution < 1.29 is 13.2 Å². The molecule has 3 heterocycles. The lowest BCUT2D eigenvalue weighted by molar-refractivity contribution is -0.127. The molecule has 2 aromatic rings. The van der Waals surface area contributed by atoms with E-state index in [9.17, 15) is 13.2 Å². The summed E-state index contributed by atoms with van der Waals surface area (Å²) in [6.45, 7) is 7.60. The van der Waals surface area contributed by atoms with Gasteiger partial charge in [0.15, 0.2) is 5.65 Å². The number of hydrogen-bond acceptors (Lipinski definition) is 5. The maximum Gasteiger partial charge on any atom is 0.304 e. The first-order valence-corrected chi connectivity index (χ1v) is 9.30. The molecule has 8 nitrogen and oxygen atoms in total. The Morgan fingerprint density at radius 2 is 1.96 bits per heavy atom. The van der Waals surface area contributed by atoms with Gasteiger partial charge in [0.05, 0.1) is 12.7 Å². The van der Waals surface area contributed by atoms with Gasteiger partial charge in [-0.2, -0.15) is 18.2 Å². The maximum absolute atomic E-state index is 12.4. The van der Waals surface area contributed by atoms with Crippen LogP contribution in [0, 0.1) is 5.92 Å². The molecular formula is C15H21N5O3S. The van der Waals surface area contributed by atoms with Crippen LogP contribution >= 0.6 is 0 Å². The van der Waals surface area contributed by atoms with Crippen LogP contribution in [0.2, 0.25) is 0 Å². The summed E-state index contributed by atoms with van der Waals surface area (Å²) in [6, 6.07) is 1.28. The summed E-state index contributed by atoms with van der Waals surface area (Å²) < 4.78 is 29.5. The van der Waals surface area contributed by atoms with Gasteiger partial charge < -0.3 is 0 Å². The molecule has 1 N–H and O–H groups in total. The fourth-order valence-corrected chi connectivity index (χ4v) is 4.24. The number of pyridine rings is 1. The summed E-state index contributed by atoms with van der Waals surface area (Å²) >= 11 is 0. The second-order valence-electron chi connectivity index (χ2n) is 6.63. The summed E-state index contributed by atoms with van der Waals surface area (Å²) in [6.07, 6.45) is 3.29. The zero-order valence-electron chi connectivity index (χ0n) is 14.1. The molecule has 1 saturated heterocycles. The normalized spacial score (nSPS) is 20.7. The number of aromatic nitrogens is 3. The first-order valence-electron chi connectivity index (χ1n) is 7.86. The highest BCUT2D eigenvalue weighted by atomic mass is 32.2. The average molecular weight is 351 g/mol. The van der Waals surface area contributed by atoms with E-state index in [4.69, 9.17) is 0 Å². The molecule has 1 aliphatic rings. The van der Waals surface area contributed by atoms with Crippen LogP contribution in [0.25, 0.3) is 11.0 Å². The maximum atomic E-state index is 12.4. The molecular weight excluding hydrogens is 330 g/mol.